The van der Waals surface area contributed by atoms with Crippen LogP contribution in [-0.4, -0.2) is 17.6 Å². The summed E-state index contributed by atoms with van der Waals surface area (Å²) in [6.07, 6.45) is 0. The Morgan fingerprint density at radius 2 is 1.67 bits per heavy atom. The number of hydrogen-bond acceptors (Lipinski definition) is 3. The summed E-state index contributed by atoms with van der Waals surface area (Å²) in [4.78, 5) is 12.0. The third kappa shape index (κ3) is 2.48. The van der Waals surface area contributed by atoms with Crippen LogP contribution in [-0.2, 0) is 0 Å². The lowest BCUT2D eigenvalue weighted by Crippen LogP contribution is -2.23. The van der Waals surface area contributed by atoms with E-state index in [-0.39, 0.29) is 5.56 Å². The fourth-order valence-corrected chi connectivity index (χ4v) is 4.02. The van der Waals surface area contributed by atoms with E-state index in [0.717, 1.165) is 33.1 Å². The van der Waals surface area contributed by atoms with Crippen molar-refractivity contribution in [1.82, 2.24) is 4.57 Å². The number of carboxylic acid groups (broad SMARTS) is 1. The average molecular weight is 358 g/mol. The van der Waals surface area contributed by atoms with Crippen LogP contribution in [0.5, 0.6) is 5.75 Å². The third-order valence-electron chi connectivity index (χ3n) is 5.19. The Labute approximate surface area is 157 Å². The van der Waals surface area contributed by atoms with Gasteiger partial charge in [-0.1, -0.05) is 42.0 Å². The third-order valence-corrected chi connectivity index (χ3v) is 5.19. The summed E-state index contributed by atoms with van der Waals surface area (Å²) in [6.45, 7) is 5.91. The zero-order valence-corrected chi connectivity index (χ0v) is 15.8. The van der Waals surface area contributed by atoms with Crippen molar-refractivity contribution in [1.29, 1.82) is 0 Å². The zero-order chi connectivity index (χ0) is 19.3. The Kier molecular flexibility index (Phi) is 3.92. The minimum Gasteiger partial charge on any atom is -0.545 e. The van der Waals surface area contributed by atoms with Crippen LogP contribution in [0, 0.1) is 20.8 Å². The smallest absolute Gasteiger partial charge is 0.127 e. The first-order chi connectivity index (χ1) is 12.9. The number of carbonyl (C=O) groups is 1. The second-order valence-corrected chi connectivity index (χ2v) is 6.89. The molecule has 4 rings (SSSR count). The highest BCUT2D eigenvalue weighted by atomic mass is 16.5. The van der Waals surface area contributed by atoms with Gasteiger partial charge in [0.1, 0.15) is 5.75 Å². The van der Waals surface area contributed by atoms with Gasteiger partial charge in [-0.25, -0.2) is 0 Å². The van der Waals surface area contributed by atoms with Gasteiger partial charge in [0.2, 0.25) is 0 Å². The van der Waals surface area contributed by atoms with Crippen molar-refractivity contribution in [3.63, 3.8) is 0 Å². The quantitative estimate of drug-likeness (QED) is 0.554. The zero-order valence-electron chi connectivity index (χ0n) is 15.8. The van der Waals surface area contributed by atoms with Gasteiger partial charge in [-0.05, 0) is 38.5 Å². The Morgan fingerprint density at radius 1 is 0.963 bits per heavy atom. The molecule has 1 heterocycles. The molecule has 27 heavy (non-hydrogen) atoms. The van der Waals surface area contributed by atoms with Gasteiger partial charge < -0.3 is 19.2 Å². The van der Waals surface area contributed by atoms with E-state index < -0.39 is 5.97 Å². The molecule has 0 atom stereocenters. The van der Waals surface area contributed by atoms with Crippen molar-refractivity contribution < 1.29 is 14.6 Å². The molecule has 136 valence electrons. The maximum Gasteiger partial charge on any atom is 0.127 e. The van der Waals surface area contributed by atoms with Crippen LogP contribution in [0.2, 0.25) is 0 Å². The topological polar surface area (TPSA) is 54.3 Å². The van der Waals surface area contributed by atoms with E-state index in [1.807, 2.05) is 61.7 Å². The van der Waals surface area contributed by atoms with Crippen molar-refractivity contribution in [2.75, 3.05) is 7.11 Å². The summed E-state index contributed by atoms with van der Waals surface area (Å²) in [6, 6.07) is 15.9. The second-order valence-electron chi connectivity index (χ2n) is 6.89. The molecule has 0 saturated heterocycles. The van der Waals surface area contributed by atoms with Gasteiger partial charge in [-0.2, -0.15) is 0 Å². The molecule has 0 radical (unpaired) electrons. The monoisotopic (exact) mass is 358 g/mol. The Bertz CT molecular complexity index is 1220. The van der Waals surface area contributed by atoms with Crippen molar-refractivity contribution in [3.8, 4) is 11.4 Å². The lowest BCUT2D eigenvalue weighted by molar-refractivity contribution is -0.254. The van der Waals surface area contributed by atoms with Crippen LogP contribution in [0.15, 0.2) is 48.5 Å². The van der Waals surface area contributed by atoms with Gasteiger partial charge in [-0.15, -0.1) is 0 Å². The van der Waals surface area contributed by atoms with Crippen molar-refractivity contribution in [2.24, 2.45) is 0 Å². The molecule has 0 fully saturated rings. The summed E-state index contributed by atoms with van der Waals surface area (Å²) in [7, 11) is 1.60. The highest BCUT2D eigenvalue weighted by molar-refractivity contribution is 6.16. The molecule has 0 saturated carbocycles. The van der Waals surface area contributed by atoms with Gasteiger partial charge in [0.15, 0.2) is 0 Å². The van der Waals surface area contributed by atoms with E-state index in [9.17, 15) is 9.90 Å². The van der Waals surface area contributed by atoms with Crippen molar-refractivity contribution >= 4 is 27.6 Å². The van der Waals surface area contributed by atoms with Gasteiger partial charge in [0, 0.05) is 33.1 Å². The maximum absolute atomic E-state index is 12.0. The SMILES string of the molecule is COc1cc2c(C(=O)[O-])c(C)n(-c3ccc(C)cc3C)c2c2ccccc12. The highest BCUT2D eigenvalue weighted by Crippen LogP contribution is 2.39. The van der Waals surface area contributed by atoms with E-state index in [2.05, 4.69) is 6.07 Å². The Hall–Kier alpha value is -3.27. The molecule has 4 aromatic rings. The normalized spacial score (nSPS) is 11.3. The maximum atomic E-state index is 12.0. The predicted molar refractivity (Wildman–Crippen MR) is 106 cm³/mol. The van der Waals surface area contributed by atoms with Crippen LogP contribution in [0.1, 0.15) is 27.2 Å². The second kappa shape index (κ2) is 6.16. The average Bonchev–Trinajstić information content (AvgIpc) is 2.93. The molecule has 0 amide bonds. The van der Waals surface area contributed by atoms with Crippen LogP contribution in [0.25, 0.3) is 27.4 Å². The van der Waals surface area contributed by atoms with E-state index in [0.29, 0.717) is 16.8 Å². The van der Waals surface area contributed by atoms with Crippen molar-refractivity contribution in [3.05, 3.63) is 70.9 Å². The lowest BCUT2D eigenvalue weighted by atomic mass is 10.0. The van der Waals surface area contributed by atoms with Crippen LogP contribution < -0.4 is 9.84 Å². The molecule has 1 aromatic heterocycles. The Morgan fingerprint density at radius 3 is 2.30 bits per heavy atom. The minimum absolute atomic E-state index is 0.203. The number of rotatable bonds is 3. The number of aromatic carboxylic acids is 1. The number of methoxy groups -OCH3 is 1. The van der Waals surface area contributed by atoms with Crippen LogP contribution >= 0.6 is 0 Å². The number of fused-ring (bicyclic) bond motifs is 3. The summed E-state index contributed by atoms with van der Waals surface area (Å²) in [5.41, 5.74) is 4.92. The number of nitrogens with zero attached hydrogens (tertiary/aromatic N) is 1. The summed E-state index contributed by atoms with van der Waals surface area (Å²) < 4.78 is 7.57. The Balaban J connectivity index is 2.27. The predicted octanol–water partition coefficient (Wildman–Crippen LogP) is 4.08. The number of hydrogen-bond donors (Lipinski definition) is 0. The van der Waals surface area contributed by atoms with Gasteiger partial charge in [-0.3, -0.25) is 0 Å². The number of carboxylic acids is 1. The number of ether oxygens (including phenoxy) is 1. The first-order valence-corrected chi connectivity index (χ1v) is 8.83. The number of aromatic nitrogens is 1. The summed E-state index contributed by atoms with van der Waals surface area (Å²) in [5, 5.41) is 14.5. The number of carbonyl (C=O) groups excluding carboxylic acids is 1. The van der Waals surface area contributed by atoms with Gasteiger partial charge >= 0.3 is 0 Å². The van der Waals surface area contributed by atoms with E-state index >= 15 is 0 Å². The molecule has 4 nitrogen and oxygen atoms in total. The summed E-state index contributed by atoms with van der Waals surface area (Å²) >= 11 is 0. The molecule has 0 spiro atoms. The fourth-order valence-electron chi connectivity index (χ4n) is 4.02. The molecule has 0 aliphatic heterocycles. The molecule has 0 bridgehead atoms. The van der Waals surface area contributed by atoms with Gasteiger partial charge in [0.05, 0.1) is 18.6 Å². The lowest BCUT2D eigenvalue weighted by Gasteiger charge is -2.15. The van der Waals surface area contributed by atoms with Crippen molar-refractivity contribution in [2.45, 2.75) is 20.8 Å². The fraction of sp³-hybridized carbons (Fsp3) is 0.174. The number of aryl methyl sites for hydroxylation is 2. The first-order valence-electron chi connectivity index (χ1n) is 8.83. The number of benzene rings is 3. The van der Waals surface area contributed by atoms with E-state index in [1.54, 1.807) is 13.2 Å². The van der Waals surface area contributed by atoms with E-state index in [1.165, 1.54) is 0 Å². The molecule has 0 aliphatic rings. The molecule has 0 unspecified atom stereocenters. The van der Waals surface area contributed by atoms with E-state index in [4.69, 9.17) is 4.74 Å². The minimum atomic E-state index is -1.18. The summed E-state index contributed by atoms with van der Waals surface area (Å²) in [5.74, 6) is -0.531. The molecule has 4 heteroatoms. The molecular formula is C23H20NO3-. The molecular weight excluding hydrogens is 338 g/mol. The molecule has 0 N–H and O–H groups in total. The largest absolute Gasteiger partial charge is 0.545 e. The molecule has 3 aromatic carbocycles. The molecule has 0 aliphatic carbocycles. The van der Waals surface area contributed by atoms with Crippen LogP contribution in [0.3, 0.4) is 0 Å². The van der Waals surface area contributed by atoms with Crippen LogP contribution in [0.4, 0.5) is 0 Å². The highest BCUT2D eigenvalue weighted by Gasteiger charge is 2.21. The van der Waals surface area contributed by atoms with Gasteiger partial charge in [0.25, 0.3) is 0 Å². The first kappa shape index (κ1) is 17.2. The standard InChI is InChI=1S/C23H21NO3/c1-13-9-10-19(14(2)11-13)24-15(3)21(23(25)26)18-12-20(27-4)16-7-5-6-8-17(16)22(18)24/h5-12H,1-4H3,(H,25,26)/p-1.